The SMILES string of the molecule is Brc1c2ccccc2c(-c2ccccc2)c2ccccc12.CCC.COc1ccc(Cl)cc1-c1c2ccccc2c(-c2ccccc2)c2ccccc12.COc1ccc(Cl)cc1B(O)O. The molecule has 0 aromatic heterocycles. The highest BCUT2D eigenvalue weighted by Gasteiger charge is 2.20. The van der Waals surface area contributed by atoms with Crippen LogP contribution in [-0.4, -0.2) is 31.4 Å². The Morgan fingerprint density at radius 1 is 0.431 bits per heavy atom. The number of ether oxygens (including phenoxy) is 2. The van der Waals surface area contributed by atoms with Gasteiger partial charge in [-0.05, 0) is 118 Å². The van der Waals surface area contributed by atoms with Crippen molar-refractivity contribution in [2.75, 3.05) is 14.2 Å². The van der Waals surface area contributed by atoms with Crippen LogP contribution in [0.3, 0.4) is 0 Å². The van der Waals surface area contributed by atoms with Gasteiger partial charge in [0.2, 0.25) is 0 Å². The van der Waals surface area contributed by atoms with Crippen LogP contribution in [0.25, 0.3) is 76.5 Å². The number of hydrogen-bond donors (Lipinski definition) is 2. The van der Waals surface area contributed by atoms with E-state index in [1.165, 1.54) is 89.4 Å². The molecule has 0 atom stereocenters. The van der Waals surface area contributed by atoms with Gasteiger partial charge < -0.3 is 19.5 Å². The number of hydrogen-bond acceptors (Lipinski definition) is 4. The fraction of sp³-hybridized carbons (Fsp3) is 0.0877. The van der Waals surface area contributed by atoms with Crippen LogP contribution in [-0.2, 0) is 0 Å². The first-order chi connectivity index (χ1) is 31.7. The van der Waals surface area contributed by atoms with Crippen molar-refractivity contribution in [1.29, 1.82) is 0 Å². The van der Waals surface area contributed by atoms with Gasteiger partial charge in [0.05, 0.1) is 14.2 Å². The van der Waals surface area contributed by atoms with Gasteiger partial charge in [-0.3, -0.25) is 0 Å². The highest BCUT2D eigenvalue weighted by atomic mass is 79.9. The molecule has 0 heterocycles. The van der Waals surface area contributed by atoms with E-state index in [-0.39, 0.29) is 5.46 Å². The maximum absolute atomic E-state index is 8.88. The topological polar surface area (TPSA) is 58.9 Å². The molecule has 10 aromatic rings. The molecular weight excluding hydrogens is 910 g/mol. The number of halogens is 3. The van der Waals surface area contributed by atoms with E-state index < -0.39 is 7.12 Å². The van der Waals surface area contributed by atoms with E-state index in [0.717, 1.165) is 16.9 Å². The van der Waals surface area contributed by atoms with Gasteiger partial charge in [-0.25, -0.2) is 0 Å². The molecule has 0 aliphatic carbocycles. The maximum Gasteiger partial charge on any atom is 0.492 e. The van der Waals surface area contributed by atoms with E-state index in [0.29, 0.717) is 15.8 Å². The summed E-state index contributed by atoms with van der Waals surface area (Å²) in [7, 11) is 1.60. The third-order valence-electron chi connectivity index (χ3n) is 10.8. The predicted molar refractivity (Wildman–Crippen MR) is 282 cm³/mol. The molecule has 0 saturated heterocycles. The summed E-state index contributed by atoms with van der Waals surface area (Å²) in [6, 6.07) is 66.0. The molecule has 0 amide bonds. The van der Waals surface area contributed by atoms with Gasteiger partial charge >= 0.3 is 7.12 Å². The Morgan fingerprint density at radius 3 is 1.14 bits per heavy atom. The average molecular weight is 959 g/mol. The van der Waals surface area contributed by atoms with Crippen LogP contribution in [0.4, 0.5) is 0 Å². The number of benzene rings is 10. The monoisotopic (exact) mass is 956 g/mol. The minimum atomic E-state index is -1.56. The van der Waals surface area contributed by atoms with Crippen molar-refractivity contribution in [2.45, 2.75) is 20.3 Å². The fourth-order valence-electron chi connectivity index (χ4n) is 8.11. The first-order valence-electron chi connectivity index (χ1n) is 21.4. The van der Waals surface area contributed by atoms with E-state index in [1.807, 2.05) is 18.2 Å². The van der Waals surface area contributed by atoms with E-state index in [4.69, 9.17) is 42.7 Å². The lowest BCUT2D eigenvalue weighted by atomic mass is 9.79. The molecule has 10 rings (SSSR count). The van der Waals surface area contributed by atoms with E-state index in [9.17, 15) is 0 Å². The van der Waals surface area contributed by atoms with Gasteiger partial charge in [-0.2, -0.15) is 0 Å². The molecule has 0 spiro atoms. The normalized spacial score (nSPS) is 10.6. The standard InChI is InChI=1S/C27H19ClO.C20H13Br.C7H8BClO3.C3H8/c1-29-25-16-15-19(28)17-24(25)27-22-13-7-5-11-20(22)26(18-9-3-2-4-10-18)21-12-6-8-14-23(21)27;21-20-17-12-6-4-10-15(17)19(14-8-2-1-3-9-14)16-11-5-7-13-18(16)20;1-12-7-3-2-5(9)4-6(7)8(10)11;1-3-2/h2-17H,1H3;1-13H;2-4,10-11H,1H3;3H2,1-2H3. The second-order valence-electron chi connectivity index (χ2n) is 15.2. The molecule has 0 radical (unpaired) electrons. The Hall–Kier alpha value is -6.12. The lowest BCUT2D eigenvalue weighted by molar-refractivity contribution is 0.403. The highest BCUT2D eigenvalue weighted by Crippen LogP contribution is 2.46. The molecule has 324 valence electrons. The molecule has 8 heteroatoms. The Morgan fingerprint density at radius 2 is 0.754 bits per heavy atom. The molecule has 4 nitrogen and oxygen atoms in total. The van der Waals surface area contributed by atoms with Crippen LogP contribution >= 0.6 is 39.1 Å². The van der Waals surface area contributed by atoms with Crippen molar-refractivity contribution in [3.8, 4) is 44.9 Å². The summed E-state index contributed by atoms with van der Waals surface area (Å²) in [5, 5.41) is 28.8. The largest absolute Gasteiger partial charge is 0.497 e. The van der Waals surface area contributed by atoms with E-state index >= 15 is 0 Å². The number of methoxy groups -OCH3 is 2. The Balaban J connectivity index is 0.000000153. The Labute approximate surface area is 399 Å². The summed E-state index contributed by atoms with van der Waals surface area (Å²) in [6.07, 6.45) is 1.25. The van der Waals surface area contributed by atoms with Gasteiger partial charge in [0, 0.05) is 31.1 Å². The van der Waals surface area contributed by atoms with E-state index in [2.05, 4.69) is 188 Å². The zero-order valence-corrected chi connectivity index (χ0v) is 39.7. The second kappa shape index (κ2) is 22.2. The van der Waals surface area contributed by atoms with Crippen molar-refractivity contribution in [3.63, 3.8) is 0 Å². The molecular formula is C57H48BBrCl2O4. The molecule has 2 N–H and O–H groups in total. The van der Waals surface area contributed by atoms with Gasteiger partial charge in [0.1, 0.15) is 11.5 Å². The summed E-state index contributed by atoms with van der Waals surface area (Å²) in [5.41, 5.74) is 7.46. The molecule has 0 saturated carbocycles. The molecule has 0 aliphatic rings. The third-order valence-corrected chi connectivity index (χ3v) is 12.1. The minimum absolute atomic E-state index is 0.269. The second-order valence-corrected chi connectivity index (χ2v) is 16.8. The highest BCUT2D eigenvalue weighted by molar-refractivity contribution is 9.10. The van der Waals surface area contributed by atoms with Crippen molar-refractivity contribution in [2.24, 2.45) is 0 Å². The van der Waals surface area contributed by atoms with Crippen LogP contribution in [0.15, 0.2) is 199 Å². The van der Waals surface area contributed by atoms with Crippen molar-refractivity contribution < 1.29 is 19.5 Å². The van der Waals surface area contributed by atoms with Gasteiger partial charge in [-0.1, -0.05) is 201 Å². The van der Waals surface area contributed by atoms with Gasteiger partial charge in [0.15, 0.2) is 0 Å². The number of fused-ring (bicyclic) bond motifs is 4. The number of rotatable bonds is 6. The van der Waals surface area contributed by atoms with Crippen LogP contribution in [0.1, 0.15) is 20.3 Å². The molecule has 0 fully saturated rings. The van der Waals surface area contributed by atoms with Crippen LogP contribution in [0, 0.1) is 0 Å². The minimum Gasteiger partial charge on any atom is -0.497 e. The first-order valence-corrected chi connectivity index (χ1v) is 22.9. The zero-order valence-electron chi connectivity index (χ0n) is 36.6. The Bertz CT molecular complexity index is 3080. The zero-order chi connectivity index (χ0) is 45.9. The third kappa shape index (κ3) is 10.4. The lowest BCUT2D eigenvalue weighted by Crippen LogP contribution is -2.31. The summed E-state index contributed by atoms with van der Waals surface area (Å²) in [5.74, 6) is 1.23. The molecule has 0 unspecified atom stereocenters. The van der Waals surface area contributed by atoms with Crippen molar-refractivity contribution in [1.82, 2.24) is 0 Å². The summed E-state index contributed by atoms with van der Waals surface area (Å²) >= 11 is 15.8. The molecule has 65 heavy (non-hydrogen) atoms. The van der Waals surface area contributed by atoms with Crippen LogP contribution in [0.2, 0.25) is 10.0 Å². The van der Waals surface area contributed by atoms with Crippen molar-refractivity contribution >= 4 is 94.8 Å². The molecule has 0 aliphatic heterocycles. The summed E-state index contributed by atoms with van der Waals surface area (Å²) in [6.45, 7) is 4.25. The average Bonchev–Trinajstić information content (AvgIpc) is 3.34. The maximum atomic E-state index is 8.88. The summed E-state index contributed by atoms with van der Waals surface area (Å²) in [4.78, 5) is 0. The molecule has 0 bridgehead atoms. The fourth-order valence-corrected chi connectivity index (χ4v) is 9.15. The Kier molecular flexibility index (Phi) is 16.0. The van der Waals surface area contributed by atoms with Crippen LogP contribution < -0.4 is 14.9 Å². The smallest absolute Gasteiger partial charge is 0.492 e. The van der Waals surface area contributed by atoms with Gasteiger partial charge in [-0.15, -0.1) is 0 Å². The first kappa shape index (κ1) is 46.9. The molecule has 10 aromatic carbocycles. The predicted octanol–water partition coefficient (Wildman–Crippen LogP) is 15.9. The summed E-state index contributed by atoms with van der Waals surface area (Å²) < 4.78 is 11.8. The van der Waals surface area contributed by atoms with Crippen molar-refractivity contribution in [3.05, 3.63) is 209 Å². The van der Waals surface area contributed by atoms with E-state index in [1.54, 1.807) is 19.2 Å². The quantitative estimate of drug-likeness (QED) is 0.129. The lowest BCUT2D eigenvalue weighted by Gasteiger charge is -2.19. The van der Waals surface area contributed by atoms with Crippen LogP contribution in [0.5, 0.6) is 11.5 Å². The van der Waals surface area contributed by atoms with Gasteiger partial charge in [0.25, 0.3) is 0 Å².